The van der Waals surface area contributed by atoms with Crippen molar-refractivity contribution in [2.24, 2.45) is 0 Å². The molecular formula is C35H37Cl2N3O4S. The highest BCUT2D eigenvalue weighted by Crippen LogP contribution is 2.30. The monoisotopic (exact) mass is 665 g/mol. The molecule has 0 unspecified atom stereocenters. The number of hydrogen-bond acceptors (Lipinski definition) is 4. The molecule has 0 saturated carbocycles. The van der Waals surface area contributed by atoms with Crippen molar-refractivity contribution >= 4 is 50.7 Å². The minimum Gasteiger partial charge on any atom is -0.352 e. The normalized spacial score (nSPS) is 12.1. The predicted molar refractivity (Wildman–Crippen MR) is 181 cm³/mol. The fourth-order valence-corrected chi connectivity index (χ4v) is 6.97. The Morgan fingerprint density at radius 3 is 2.11 bits per heavy atom. The van der Waals surface area contributed by atoms with Gasteiger partial charge < -0.3 is 10.2 Å². The summed E-state index contributed by atoms with van der Waals surface area (Å²) in [6.07, 6.45) is 0.200. The molecule has 0 aliphatic rings. The number of amides is 2. The summed E-state index contributed by atoms with van der Waals surface area (Å²) in [5, 5.41) is 3.70. The van der Waals surface area contributed by atoms with Crippen molar-refractivity contribution in [3.05, 3.63) is 129 Å². The van der Waals surface area contributed by atoms with Gasteiger partial charge in [-0.05, 0) is 80.3 Å². The Balaban J connectivity index is 1.85. The summed E-state index contributed by atoms with van der Waals surface area (Å²) < 4.78 is 29.5. The third kappa shape index (κ3) is 8.45. The molecule has 4 rings (SSSR count). The molecule has 0 heterocycles. The number of aryl methyl sites for hydroxylation is 1. The number of hydrogen-bond donors (Lipinski definition) is 1. The second-order valence-corrected chi connectivity index (χ2v) is 13.9. The predicted octanol–water partition coefficient (Wildman–Crippen LogP) is 6.97. The summed E-state index contributed by atoms with van der Waals surface area (Å²) in [5.74, 6) is -0.933. The van der Waals surface area contributed by atoms with Crippen LogP contribution in [0.4, 0.5) is 5.69 Å². The van der Waals surface area contributed by atoms with Gasteiger partial charge in [0, 0.05) is 29.1 Å². The summed E-state index contributed by atoms with van der Waals surface area (Å²) >= 11 is 12.7. The van der Waals surface area contributed by atoms with Crippen LogP contribution in [0.3, 0.4) is 0 Å². The highest BCUT2D eigenvalue weighted by atomic mass is 35.5. The van der Waals surface area contributed by atoms with E-state index < -0.39 is 28.5 Å². The first-order valence-electron chi connectivity index (χ1n) is 14.6. The third-order valence-corrected chi connectivity index (χ3v) is 9.87. The molecule has 45 heavy (non-hydrogen) atoms. The minimum atomic E-state index is -4.19. The lowest BCUT2D eigenvalue weighted by Crippen LogP contribution is -2.54. The molecule has 0 aliphatic carbocycles. The van der Waals surface area contributed by atoms with Crippen LogP contribution in [0.5, 0.6) is 0 Å². The molecule has 0 aliphatic heterocycles. The van der Waals surface area contributed by atoms with E-state index in [0.29, 0.717) is 21.3 Å². The molecule has 0 aromatic heterocycles. The van der Waals surface area contributed by atoms with Gasteiger partial charge in [0.1, 0.15) is 12.6 Å². The van der Waals surface area contributed by atoms with E-state index in [9.17, 15) is 18.0 Å². The van der Waals surface area contributed by atoms with Crippen molar-refractivity contribution in [1.29, 1.82) is 0 Å². The summed E-state index contributed by atoms with van der Waals surface area (Å²) in [5.41, 5.74) is 3.37. The lowest BCUT2D eigenvalue weighted by molar-refractivity contribution is -0.140. The van der Waals surface area contributed by atoms with E-state index in [4.69, 9.17) is 23.2 Å². The van der Waals surface area contributed by atoms with Gasteiger partial charge in [-0.1, -0.05) is 89.9 Å². The van der Waals surface area contributed by atoms with E-state index >= 15 is 0 Å². The summed E-state index contributed by atoms with van der Waals surface area (Å²) in [7, 11) is -4.19. The number of nitrogens with zero attached hydrogens (tertiary/aromatic N) is 2. The maximum absolute atomic E-state index is 14.6. The van der Waals surface area contributed by atoms with Crippen LogP contribution in [0.1, 0.15) is 36.1 Å². The zero-order chi connectivity index (χ0) is 32.7. The Morgan fingerprint density at radius 1 is 0.844 bits per heavy atom. The third-order valence-electron chi connectivity index (χ3n) is 7.51. The van der Waals surface area contributed by atoms with E-state index in [1.54, 1.807) is 48.5 Å². The highest BCUT2D eigenvalue weighted by Gasteiger charge is 2.35. The quantitative estimate of drug-likeness (QED) is 0.177. The van der Waals surface area contributed by atoms with Crippen molar-refractivity contribution < 1.29 is 18.0 Å². The fourth-order valence-electron chi connectivity index (χ4n) is 5.01. The number of anilines is 1. The first-order chi connectivity index (χ1) is 21.4. The van der Waals surface area contributed by atoms with Crippen LogP contribution < -0.4 is 9.62 Å². The molecule has 4 aromatic rings. The Labute approximate surface area is 275 Å². The van der Waals surface area contributed by atoms with Gasteiger partial charge in [0.25, 0.3) is 10.0 Å². The zero-order valence-electron chi connectivity index (χ0n) is 25.7. The van der Waals surface area contributed by atoms with Crippen LogP contribution in [0.15, 0.2) is 102 Å². The van der Waals surface area contributed by atoms with Crippen molar-refractivity contribution in [1.82, 2.24) is 10.2 Å². The topological polar surface area (TPSA) is 86.8 Å². The van der Waals surface area contributed by atoms with Crippen LogP contribution in [-0.2, 0) is 32.6 Å². The Hall–Kier alpha value is -3.85. The van der Waals surface area contributed by atoms with E-state index in [0.717, 1.165) is 21.0 Å². The van der Waals surface area contributed by atoms with E-state index in [-0.39, 0.29) is 29.8 Å². The van der Waals surface area contributed by atoms with Gasteiger partial charge in [-0.25, -0.2) is 8.42 Å². The Bertz CT molecular complexity index is 1750. The van der Waals surface area contributed by atoms with Crippen molar-refractivity contribution in [3.63, 3.8) is 0 Å². The second kappa shape index (κ2) is 15.0. The van der Waals surface area contributed by atoms with Gasteiger partial charge >= 0.3 is 0 Å². The molecule has 0 radical (unpaired) electrons. The van der Waals surface area contributed by atoms with Gasteiger partial charge in [-0.2, -0.15) is 0 Å². The van der Waals surface area contributed by atoms with Gasteiger partial charge in [0.2, 0.25) is 11.8 Å². The number of carbonyl (C=O) groups excluding carboxylic acids is 2. The Kier molecular flexibility index (Phi) is 11.3. The smallest absolute Gasteiger partial charge is 0.264 e. The Morgan fingerprint density at radius 2 is 1.49 bits per heavy atom. The fraction of sp³-hybridized carbons (Fsp3) is 0.257. The average molecular weight is 667 g/mol. The molecule has 0 spiro atoms. The molecule has 236 valence electrons. The first kappa shape index (κ1) is 34.0. The standard InChI is InChI=1S/C35H37Cl2N3O4S/c1-24(2)38-35(42)33(20-27-13-7-5-8-14-27)39(22-28-18-19-29(36)21-31(28)37)34(41)23-40(32-17-11-12-25(3)26(32)4)45(43,44)30-15-9-6-10-16-30/h5-19,21,24,33H,20,22-23H2,1-4H3,(H,38,42)/t33-/m0/s1. The molecule has 0 saturated heterocycles. The number of nitrogens with one attached hydrogen (secondary N) is 1. The summed E-state index contributed by atoms with van der Waals surface area (Å²) in [6, 6.07) is 26.5. The van der Waals surface area contributed by atoms with Crippen molar-refractivity contribution in [2.45, 2.75) is 57.6 Å². The zero-order valence-corrected chi connectivity index (χ0v) is 28.0. The molecule has 10 heteroatoms. The van der Waals surface area contributed by atoms with E-state index in [1.165, 1.54) is 17.0 Å². The van der Waals surface area contributed by atoms with Crippen LogP contribution in [-0.4, -0.2) is 43.8 Å². The van der Waals surface area contributed by atoms with Crippen molar-refractivity contribution in [2.75, 3.05) is 10.8 Å². The van der Waals surface area contributed by atoms with Gasteiger partial charge in [0.05, 0.1) is 10.6 Å². The number of carbonyl (C=O) groups is 2. The molecule has 1 atom stereocenters. The lowest BCUT2D eigenvalue weighted by atomic mass is 10.0. The SMILES string of the molecule is Cc1cccc(N(CC(=O)N(Cc2ccc(Cl)cc2Cl)[C@@H](Cc2ccccc2)C(=O)NC(C)C)S(=O)(=O)c2ccccc2)c1C. The minimum absolute atomic E-state index is 0.0457. The maximum atomic E-state index is 14.6. The molecular weight excluding hydrogens is 629 g/mol. The van der Waals surface area contributed by atoms with Crippen LogP contribution in [0.25, 0.3) is 0 Å². The largest absolute Gasteiger partial charge is 0.352 e. The summed E-state index contributed by atoms with van der Waals surface area (Å²) in [6.45, 7) is 6.79. The summed E-state index contributed by atoms with van der Waals surface area (Å²) in [4.78, 5) is 29.9. The first-order valence-corrected chi connectivity index (χ1v) is 16.8. The van der Waals surface area contributed by atoms with Gasteiger partial charge in [-0.15, -0.1) is 0 Å². The maximum Gasteiger partial charge on any atom is 0.264 e. The van der Waals surface area contributed by atoms with E-state index in [1.807, 2.05) is 64.1 Å². The molecule has 4 aromatic carbocycles. The van der Waals surface area contributed by atoms with Crippen LogP contribution in [0, 0.1) is 13.8 Å². The number of rotatable bonds is 12. The van der Waals surface area contributed by atoms with Crippen molar-refractivity contribution in [3.8, 4) is 0 Å². The highest BCUT2D eigenvalue weighted by molar-refractivity contribution is 7.92. The molecule has 1 N–H and O–H groups in total. The average Bonchev–Trinajstić information content (AvgIpc) is 3.00. The number of benzene rings is 4. The lowest BCUT2D eigenvalue weighted by Gasteiger charge is -2.34. The van der Waals surface area contributed by atoms with Gasteiger partial charge in [0.15, 0.2) is 0 Å². The number of sulfonamides is 1. The van der Waals surface area contributed by atoms with Crippen LogP contribution in [0.2, 0.25) is 10.0 Å². The molecule has 0 bridgehead atoms. The van der Waals surface area contributed by atoms with Gasteiger partial charge in [-0.3, -0.25) is 13.9 Å². The van der Waals surface area contributed by atoms with Crippen LogP contribution >= 0.6 is 23.2 Å². The molecule has 2 amide bonds. The van der Waals surface area contributed by atoms with E-state index in [2.05, 4.69) is 5.32 Å². The second-order valence-electron chi connectivity index (χ2n) is 11.2. The number of halogens is 2. The molecule has 0 fully saturated rings. The molecule has 7 nitrogen and oxygen atoms in total.